The Labute approximate surface area is 206 Å². The molecular formula is C25H29F2N5O4. The lowest BCUT2D eigenvalue weighted by molar-refractivity contribution is -0.124. The Hall–Kier alpha value is -3.31. The molecule has 1 saturated heterocycles. The van der Waals surface area contributed by atoms with Crippen LogP contribution in [0.25, 0.3) is 5.65 Å². The third-order valence-corrected chi connectivity index (χ3v) is 7.31. The predicted molar refractivity (Wildman–Crippen MR) is 129 cm³/mol. The van der Waals surface area contributed by atoms with Gasteiger partial charge in [-0.2, -0.15) is 5.10 Å². The van der Waals surface area contributed by atoms with E-state index in [1.54, 1.807) is 18.5 Å². The average Bonchev–Trinajstić information content (AvgIpc) is 3.44. The number of amides is 1. The van der Waals surface area contributed by atoms with Gasteiger partial charge in [0.15, 0.2) is 5.65 Å². The van der Waals surface area contributed by atoms with Gasteiger partial charge >= 0.3 is 0 Å². The number of ether oxygens (including phenoxy) is 1. The van der Waals surface area contributed by atoms with Crippen molar-refractivity contribution in [3.05, 3.63) is 47.9 Å². The molecule has 2 atom stereocenters. The molecule has 11 heteroatoms. The maximum atomic E-state index is 13.4. The Morgan fingerprint density at radius 3 is 2.81 bits per heavy atom. The normalized spacial score (nSPS) is 21.9. The fraction of sp³-hybridized carbons (Fsp3) is 0.480. The second kappa shape index (κ2) is 8.97. The van der Waals surface area contributed by atoms with E-state index in [0.29, 0.717) is 60.7 Å². The van der Waals surface area contributed by atoms with Gasteiger partial charge in [0.05, 0.1) is 24.2 Å². The number of nitrogens with one attached hydrogen (secondary N) is 1. The van der Waals surface area contributed by atoms with Gasteiger partial charge in [-0.15, -0.1) is 0 Å². The molecule has 192 valence electrons. The Morgan fingerprint density at radius 2 is 2.11 bits per heavy atom. The first-order valence-electron chi connectivity index (χ1n) is 11.9. The van der Waals surface area contributed by atoms with Crippen molar-refractivity contribution in [3.8, 4) is 5.75 Å². The van der Waals surface area contributed by atoms with Crippen molar-refractivity contribution < 1.29 is 28.5 Å². The fourth-order valence-corrected chi connectivity index (χ4v) is 5.06. The molecule has 0 radical (unpaired) electrons. The van der Waals surface area contributed by atoms with Crippen molar-refractivity contribution in [2.45, 2.75) is 50.7 Å². The summed E-state index contributed by atoms with van der Waals surface area (Å²) in [5.41, 5.74) is -0.0164. The molecule has 1 aromatic carbocycles. The minimum absolute atomic E-state index is 0.166. The van der Waals surface area contributed by atoms with Gasteiger partial charge in [0.25, 0.3) is 12.3 Å². The van der Waals surface area contributed by atoms with E-state index in [2.05, 4.69) is 15.4 Å². The quantitative estimate of drug-likeness (QED) is 0.476. The number of benzene rings is 1. The summed E-state index contributed by atoms with van der Waals surface area (Å²) in [6, 6.07) is 5.38. The van der Waals surface area contributed by atoms with E-state index >= 15 is 0 Å². The SMILES string of the molecule is C[C@@]1(CO)Cc2cc(NC(=O)c3cnn4cccnc34)c(N3CCC([C@](C)(O)C(F)F)CC3)cc2O1. The number of nitrogens with zero attached hydrogens (tertiary/aromatic N) is 4. The van der Waals surface area contributed by atoms with E-state index in [1.807, 2.05) is 24.0 Å². The van der Waals surface area contributed by atoms with Crippen LogP contribution < -0.4 is 15.0 Å². The summed E-state index contributed by atoms with van der Waals surface area (Å²) in [7, 11) is 0. The summed E-state index contributed by atoms with van der Waals surface area (Å²) < 4.78 is 34.3. The van der Waals surface area contributed by atoms with Crippen LogP contribution in [0.2, 0.25) is 0 Å². The van der Waals surface area contributed by atoms with E-state index in [0.717, 1.165) is 5.56 Å². The average molecular weight is 502 g/mol. The number of carbonyl (C=O) groups is 1. The third kappa shape index (κ3) is 4.26. The molecule has 36 heavy (non-hydrogen) atoms. The topological polar surface area (TPSA) is 112 Å². The van der Waals surface area contributed by atoms with E-state index in [-0.39, 0.29) is 12.5 Å². The number of hydrogen-bond acceptors (Lipinski definition) is 7. The van der Waals surface area contributed by atoms with Gasteiger partial charge in [0, 0.05) is 43.5 Å². The minimum Gasteiger partial charge on any atom is -0.484 e. The second-order valence-electron chi connectivity index (χ2n) is 10.1. The zero-order valence-electron chi connectivity index (χ0n) is 20.1. The lowest BCUT2D eigenvalue weighted by Gasteiger charge is -2.40. The molecule has 2 aromatic heterocycles. The Bertz CT molecular complexity index is 1290. The highest BCUT2D eigenvalue weighted by molar-refractivity contribution is 6.09. The Morgan fingerprint density at radius 1 is 1.36 bits per heavy atom. The van der Waals surface area contributed by atoms with Gasteiger partial charge in [-0.25, -0.2) is 18.3 Å². The van der Waals surface area contributed by atoms with E-state index in [9.17, 15) is 23.8 Å². The number of carbonyl (C=O) groups excluding carboxylic acids is 1. The van der Waals surface area contributed by atoms with Gasteiger partial charge < -0.3 is 25.2 Å². The highest BCUT2D eigenvalue weighted by atomic mass is 19.3. The summed E-state index contributed by atoms with van der Waals surface area (Å²) in [5, 5.41) is 27.2. The number of anilines is 2. The lowest BCUT2D eigenvalue weighted by Crippen LogP contribution is -2.47. The molecule has 9 nitrogen and oxygen atoms in total. The van der Waals surface area contributed by atoms with E-state index in [1.165, 1.54) is 17.6 Å². The minimum atomic E-state index is -2.83. The first kappa shape index (κ1) is 24.4. The highest BCUT2D eigenvalue weighted by Crippen LogP contribution is 2.43. The second-order valence-corrected chi connectivity index (χ2v) is 10.1. The molecule has 0 aliphatic carbocycles. The van der Waals surface area contributed by atoms with Crippen molar-refractivity contribution in [3.63, 3.8) is 0 Å². The van der Waals surface area contributed by atoms with Gasteiger partial charge in [-0.3, -0.25) is 4.79 Å². The number of piperidine rings is 1. The lowest BCUT2D eigenvalue weighted by atomic mass is 9.82. The molecule has 3 N–H and O–H groups in total. The Kier molecular flexibility index (Phi) is 6.08. The van der Waals surface area contributed by atoms with Crippen LogP contribution in [0, 0.1) is 5.92 Å². The summed E-state index contributed by atoms with van der Waals surface area (Å²) in [4.78, 5) is 19.5. The first-order chi connectivity index (χ1) is 17.1. The maximum Gasteiger partial charge on any atom is 0.266 e. The number of halogens is 2. The molecule has 0 saturated carbocycles. The van der Waals surface area contributed by atoms with Crippen molar-refractivity contribution in [2.24, 2.45) is 5.92 Å². The molecule has 5 rings (SSSR count). The number of aromatic nitrogens is 3. The number of aliphatic hydroxyl groups is 2. The first-order valence-corrected chi connectivity index (χ1v) is 11.9. The number of aliphatic hydroxyl groups excluding tert-OH is 1. The van der Waals surface area contributed by atoms with Crippen molar-refractivity contribution in [1.29, 1.82) is 0 Å². The summed E-state index contributed by atoms with van der Waals surface area (Å²) in [6.07, 6.45) is 3.12. The van der Waals surface area contributed by atoms with Crippen molar-refractivity contribution in [1.82, 2.24) is 14.6 Å². The molecule has 2 aliphatic rings. The van der Waals surface area contributed by atoms with Crippen LogP contribution in [0.15, 0.2) is 36.8 Å². The van der Waals surface area contributed by atoms with Gasteiger partial charge in [0.1, 0.15) is 22.5 Å². The zero-order chi connectivity index (χ0) is 25.7. The van der Waals surface area contributed by atoms with Gasteiger partial charge in [0.2, 0.25) is 0 Å². The third-order valence-electron chi connectivity index (χ3n) is 7.31. The number of alkyl halides is 2. The predicted octanol–water partition coefficient (Wildman–Crippen LogP) is 2.90. The van der Waals surface area contributed by atoms with E-state index in [4.69, 9.17) is 4.74 Å². The zero-order valence-corrected chi connectivity index (χ0v) is 20.1. The molecule has 0 unspecified atom stereocenters. The van der Waals surface area contributed by atoms with Crippen LogP contribution in [0.1, 0.15) is 42.6 Å². The molecule has 4 heterocycles. The highest BCUT2D eigenvalue weighted by Gasteiger charge is 2.42. The van der Waals surface area contributed by atoms with Gasteiger partial charge in [-0.05, 0) is 44.7 Å². The molecule has 0 spiro atoms. The van der Waals surface area contributed by atoms with Crippen molar-refractivity contribution >= 4 is 22.9 Å². The smallest absolute Gasteiger partial charge is 0.266 e. The van der Waals surface area contributed by atoms with Crippen molar-refractivity contribution in [2.75, 3.05) is 29.9 Å². The summed E-state index contributed by atoms with van der Waals surface area (Å²) >= 11 is 0. The van der Waals surface area contributed by atoms with E-state index < -0.39 is 23.5 Å². The number of hydrogen-bond donors (Lipinski definition) is 3. The number of rotatable bonds is 6. The summed E-state index contributed by atoms with van der Waals surface area (Å²) in [6.45, 7) is 3.68. The molecule has 0 bridgehead atoms. The Balaban J connectivity index is 1.45. The monoisotopic (exact) mass is 501 g/mol. The van der Waals surface area contributed by atoms with Crippen LogP contribution in [0.3, 0.4) is 0 Å². The van der Waals surface area contributed by atoms with Gasteiger partial charge in [-0.1, -0.05) is 0 Å². The van der Waals surface area contributed by atoms with Crippen LogP contribution in [0.4, 0.5) is 20.2 Å². The summed E-state index contributed by atoms with van der Waals surface area (Å²) in [5.74, 6) is -0.317. The largest absolute Gasteiger partial charge is 0.484 e. The maximum absolute atomic E-state index is 13.4. The van der Waals surface area contributed by atoms with Crippen LogP contribution in [0.5, 0.6) is 5.75 Å². The van der Waals surface area contributed by atoms with Crippen LogP contribution >= 0.6 is 0 Å². The molecule has 2 aliphatic heterocycles. The standard InChI is InChI=1S/C25H29F2N5O4/c1-24(14-33)12-15-10-18(30-22(34)17-13-29-32-7-3-6-28-21(17)32)19(11-20(15)36-24)31-8-4-16(5-9-31)25(2,35)23(26)27/h3,6-7,10-11,13,16,23,33,35H,4-5,8-9,12,14H2,1-2H3,(H,30,34)/t24-,25-/m0/s1. The van der Waals surface area contributed by atoms with Crippen LogP contribution in [-0.2, 0) is 6.42 Å². The molecular weight excluding hydrogens is 472 g/mol. The van der Waals surface area contributed by atoms with Crippen LogP contribution in [-0.4, -0.2) is 68.0 Å². The molecule has 1 fully saturated rings. The molecule has 3 aromatic rings. The molecule has 1 amide bonds. The fourth-order valence-electron chi connectivity index (χ4n) is 5.06. The number of fused-ring (bicyclic) bond motifs is 2.